The highest BCUT2D eigenvalue weighted by Gasteiger charge is 2.38. The number of rotatable bonds is 2. The molecule has 6 nitrogen and oxygen atoms in total. The Bertz CT molecular complexity index is 497. The van der Waals surface area contributed by atoms with Gasteiger partial charge in [0.15, 0.2) is 0 Å². The van der Waals surface area contributed by atoms with Gasteiger partial charge in [-0.1, -0.05) is 0 Å². The van der Waals surface area contributed by atoms with Crippen molar-refractivity contribution in [3.63, 3.8) is 0 Å². The molecule has 0 saturated heterocycles. The SMILES string of the molecule is Cn1nccc1C1CCC(O)(OC(=O)NC(C)(C)C)CC1. The molecule has 118 valence electrons. The summed E-state index contributed by atoms with van der Waals surface area (Å²) in [6.45, 7) is 5.62. The fourth-order valence-electron chi connectivity index (χ4n) is 2.76. The van der Waals surface area contributed by atoms with Crippen LogP contribution in [0.15, 0.2) is 12.3 Å². The van der Waals surface area contributed by atoms with Crippen molar-refractivity contribution in [3.05, 3.63) is 18.0 Å². The normalized spacial score (nSPS) is 26.4. The number of aryl methyl sites for hydroxylation is 1. The average Bonchev–Trinajstić information content (AvgIpc) is 2.73. The van der Waals surface area contributed by atoms with Gasteiger partial charge in [0.2, 0.25) is 5.79 Å². The van der Waals surface area contributed by atoms with Crippen molar-refractivity contribution in [1.82, 2.24) is 15.1 Å². The third-order valence-corrected chi connectivity index (χ3v) is 3.80. The lowest BCUT2D eigenvalue weighted by atomic mass is 9.83. The molecule has 1 aromatic rings. The molecule has 0 radical (unpaired) electrons. The molecule has 0 aromatic carbocycles. The molecule has 0 spiro atoms. The molecule has 2 N–H and O–H groups in total. The van der Waals surface area contributed by atoms with Crippen LogP contribution >= 0.6 is 0 Å². The molecule has 1 fully saturated rings. The Labute approximate surface area is 125 Å². The first-order valence-electron chi connectivity index (χ1n) is 7.40. The van der Waals surface area contributed by atoms with Crippen LogP contribution in [0.4, 0.5) is 4.79 Å². The highest BCUT2D eigenvalue weighted by Crippen LogP contribution is 2.38. The Morgan fingerprint density at radius 2 is 2.10 bits per heavy atom. The Balaban J connectivity index is 1.90. The number of nitrogens with one attached hydrogen (secondary N) is 1. The maximum Gasteiger partial charge on any atom is 0.410 e. The Morgan fingerprint density at radius 3 is 2.57 bits per heavy atom. The minimum Gasteiger partial charge on any atom is -0.417 e. The number of amides is 1. The van der Waals surface area contributed by atoms with E-state index in [4.69, 9.17) is 4.74 Å². The maximum atomic E-state index is 11.8. The van der Waals surface area contributed by atoms with E-state index in [0.29, 0.717) is 18.8 Å². The lowest BCUT2D eigenvalue weighted by Gasteiger charge is -2.36. The number of nitrogens with zero attached hydrogens (tertiary/aromatic N) is 2. The smallest absolute Gasteiger partial charge is 0.410 e. The molecule has 6 heteroatoms. The summed E-state index contributed by atoms with van der Waals surface area (Å²) in [6.07, 6.45) is 3.66. The zero-order valence-corrected chi connectivity index (χ0v) is 13.2. The van der Waals surface area contributed by atoms with E-state index in [1.165, 1.54) is 0 Å². The van der Waals surface area contributed by atoms with Crippen molar-refractivity contribution in [2.75, 3.05) is 0 Å². The number of hydrogen-bond donors (Lipinski definition) is 2. The lowest BCUT2D eigenvalue weighted by Crippen LogP contribution is -2.47. The van der Waals surface area contributed by atoms with Crippen LogP contribution in [0.5, 0.6) is 0 Å². The second-order valence-corrected chi connectivity index (χ2v) is 6.86. The molecule has 21 heavy (non-hydrogen) atoms. The number of carbonyl (C=O) groups excluding carboxylic acids is 1. The number of ether oxygens (including phenoxy) is 1. The van der Waals surface area contributed by atoms with Crippen LogP contribution in [0.3, 0.4) is 0 Å². The molecular formula is C15H25N3O3. The predicted molar refractivity (Wildman–Crippen MR) is 78.7 cm³/mol. The number of hydrogen-bond acceptors (Lipinski definition) is 4. The van der Waals surface area contributed by atoms with Gasteiger partial charge in [-0.2, -0.15) is 5.10 Å². The molecule has 1 aromatic heterocycles. The molecule has 0 bridgehead atoms. The average molecular weight is 295 g/mol. The third kappa shape index (κ3) is 4.20. The predicted octanol–water partition coefficient (Wildman–Crippen LogP) is 2.29. The summed E-state index contributed by atoms with van der Waals surface area (Å²) in [4.78, 5) is 11.8. The summed E-state index contributed by atoms with van der Waals surface area (Å²) >= 11 is 0. The molecule has 1 aliphatic carbocycles. The van der Waals surface area contributed by atoms with Crippen LogP contribution in [-0.2, 0) is 11.8 Å². The van der Waals surface area contributed by atoms with Crippen molar-refractivity contribution in [2.24, 2.45) is 7.05 Å². The summed E-state index contributed by atoms with van der Waals surface area (Å²) in [5, 5.41) is 17.3. The van der Waals surface area contributed by atoms with E-state index < -0.39 is 11.9 Å². The van der Waals surface area contributed by atoms with Gasteiger partial charge >= 0.3 is 6.09 Å². The summed E-state index contributed by atoms with van der Waals surface area (Å²) in [5.74, 6) is -1.00. The van der Waals surface area contributed by atoms with E-state index in [2.05, 4.69) is 10.4 Å². The van der Waals surface area contributed by atoms with Gasteiger partial charge in [0.1, 0.15) is 0 Å². The van der Waals surface area contributed by atoms with Crippen LogP contribution in [0, 0.1) is 0 Å². The topological polar surface area (TPSA) is 76.4 Å². The standard InChI is InChI=1S/C15H25N3O3/c1-14(2,3)17-13(19)21-15(20)8-5-11(6-9-15)12-7-10-16-18(12)4/h7,10-11,20H,5-6,8-9H2,1-4H3,(H,17,19). The molecule has 1 saturated carbocycles. The van der Waals surface area contributed by atoms with Crippen molar-refractivity contribution >= 4 is 6.09 Å². The highest BCUT2D eigenvalue weighted by atomic mass is 16.7. The fourth-order valence-corrected chi connectivity index (χ4v) is 2.76. The van der Waals surface area contributed by atoms with Crippen molar-refractivity contribution < 1.29 is 14.6 Å². The van der Waals surface area contributed by atoms with E-state index in [1.54, 1.807) is 6.20 Å². The number of aliphatic hydroxyl groups is 1. The molecule has 1 heterocycles. The monoisotopic (exact) mass is 295 g/mol. The minimum absolute atomic E-state index is 0.354. The number of aromatic nitrogens is 2. The van der Waals surface area contributed by atoms with Crippen LogP contribution in [-0.4, -0.2) is 32.3 Å². The van der Waals surface area contributed by atoms with Crippen LogP contribution in [0.25, 0.3) is 0 Å². The second kappa shape index (κ2) is 5.67. The minimum atomic E-state index is -1.36. The molecular weight excluding hydrogens is 270 g/mol. The van der Waals surface area contributed by atoms with Gasteiger partial charge < -0.3 is 15.2 Å². The van der Waals surface area contributed by atoms with E-state index in [-0.39, 0.29) is 5.54 Å². The quantitative estimate of drug-likeness (QED) is 0.821. The lowest BCUT2D eigenvalue weighted by molar-refractivity contribution is -0.183. The van der Waals surface area contributed by atoms with Gasteiger partial charge in [0.05, 0.1) is 0 Å². The molecule has 0 unspecified atom stereocenters. The largest absolute Gasteiger partial charge is 0.417 e. The van der Waals surface area contributed by atoms with Gasteiger partial charge in [0.25, 0.3) is 0 Å². The molecule has 0 aliphatic heterocycles. The first kappa shape index (κ1) is 15.8. The summed E-state index contributed by atoms with van der Waals surface area (Å²) < 4.78 is 7.10. The van der Waals surface area contributed by atoms with E-state index in [9.17, 15) is 9.90 Å². The zero-order valence-electron chi connectivity index (χ0n) is 13.2. The van der Waals surface area contributed by atoms with E-state index in [0.717, 1.165) is 18.5 Å². The van der Waals surface area contributed by atoms with Crippen molar-refractivity contribution in [3.8, 4) is 0 Å². The van der Waals surface area contributed by atoms with Crippen molar-refractivity contribution in [2.45, 2.75) is 63.7 Å². The van der Waals surface area contributed by atoms with Gasteiger partial charge in [-0.3, -0.25) is 4.68 Å². The second-order valence-electron chi connectivity index (χ2n) is 6.86. The van der Waals surface area contributed by atoms with Gasteiger partial charge in [0, 0.05) is 43.2 Å². The van der Waals surface area contributed by atoms with Crippen molar-refractivity contribution in [1.29, 1.82) is 0 Å². The highest BCUT2D eigenvalue weighted by molar-refractivity contribution is 5.68. The van der Waals surface area contributed by atoms with Gasteiger partial charge in [-0.15, -0.1) is 0 Å². The first-order valence-corrected chi connectivity index (χ1v) is 7.40. The Hall–Kier alpha value is -1.56. The molecule has 1 amide bonds. The first-order chi connectivity index (χ1) is 9.69. The molecule has 2 rings (SSSR count). The molecule has 1 aliphatic rings. The maximum absolute atomic E-state index is 11.8. The van der Waals surface area contributed by atoms with Crippen LogP contribution < -0.4 is 5.32 Å². The Kier molecular flexibility index (Phi) is 4.27. The van der Waals surface area contributed by atoms with Crippen LogP contribution in [0.1, 0.15) is 58.1 Å². The number of alkyl carbamates (subject to hydrolysis) is 1. The van der Waals surface area contributed by atoms with Gasteiger partial charge in [-0.05, 0) is 39.7 Å². The summed E-state index contributed by atoms with van der Waals surface area (Å²) in [7, 11) is 1.92. The molecule has 0 atom stereocenters. The summed E-state index contributed by atoms with van der Waals surface area (Å²) in [6, 6.07) is 2.00. The van der Waals surface area contributed by atoms with E-state index >= 15 is 0 Å². The summed E-state index contributed by atoms with van der Waals surface area (Å²) in [5.41, 5.74) is 0.788. The van der Waals surface area contributed by atoms with Crippen LogP contribution in [0.2, 0.25) is 0 Å². The zero-order chi connectivity index (χ0) is 15.7. The fraction of sp³-hybridized carbons (Fsp3) is 0.733. The number of carbonyl (C=O) groups is 1. The van der Waals surface area contributed by atoms with E-state index in [1.807, 2.05) is 38.6 Å². The Morgan fingerprint density at radius 1 is 1.48 bits per heavy atom. The third-order valence-electron chi connectivity index (χ3n) is 3.80. The van der Waals surface area contributed by atoms with Gasteiger partial charge in [-0.25, -0.2) is 4.79 Å².